The first-order valence-corrected chi connectivity index (χ1v) is 11.2. The molecule has 0 aliphatic rings. The molecule has 4 nitrogen and oxygen atoms in total. The summed E-state index contributed by atoms with van der Waals surface area (Å²) in [6.07, 6.45) is 0. The Bertz CT molecular complexity index is 1210. The Balaban J connectivity index is 1.33. The highest BCUT2D eigenvalue weighted by molar-refractivity contribution is 7.99. The van der Waals surface area contributed by atoms with Gasteiger partial charge in [-0.2, -0.15) is 0 Å². The van der Waals surface area contributed by atoms with Gasteiger partial charge < -0.3 is 9.73 Å². The number of oxazole rings is 1. The summed E-state index contributed by atoms with van der Waals surface area (Å²) >= 11 is 19.4. The van der Waals surface area contributed by atoms with E-state index in [4.69, 9.17) is 39.2 Å². The van der Waals surface area contributed by atoms with Crippen molar-refractivity contribution < 1.29 is 9.21 Å². The van der Waals surface area contributed by atoms with Gasteiger partial charge in [0.1, 0.15) is 5.52 Å². The number of benzene rings is 3. The van der Waals surface area contributed by atoms with Crippen LogP contribution in [0.3, 0.4) is 0 Å². The number of carbonyl (C=O) groups excluding carboxylic acids is 1. The molecule has 0 bridgehead atoms. The molecule has 0 spiro atoms. The fraction of sp³-hybridized carbons (Fsp3) is 0.0909. The van der Waals surface area contributed by atoms with Gasteiger partial charge in [0.25, 0.3) is 0 Å². The van der Waals surface area contributed by atoms with Crippen LogP contribution in [-0.2, 0) is 10.5 Å². The zero-order valence-electron chi connectivity index (χ0n) is 15.5. The highest BCUT2D eigenvalue weighted by Gasteiger charge is 2.10. The predicted octanol–water partition coefficient (Wildman–Crippen LogP) is 7.33. The molecule has 0 radical (unpaired) electrons. The lowest BCUT2D eigenvalue weighted by atomic mass is 10.2. The zero-order valence-corrected chi connectivity index (χ0v) is 18.6. The van der Waals surface area contributed by atoms with Gasteiger partial charge in [-0.05, 0) is 60.2 Å². The molecule has 4 rings (SSSR count). The number of aromatic nitrogens is 1. The molecule has 0 aliphatic heterocycles. The van der Waals surface area contributed by atoms with Crippen molar-refractivity contribution in [2.45, 2.75) is 5.75 Å². The number of hydrogen-bond acceptors (Lipinski definition) is 4. The summed E-state index contributed by atoms with van der Waals surface area (Å²) in [6, 6.07) is 18.1. The quantitative estimate of drug-likeness (QED) is 0.316. The number of nitrogens with one attached hydrogen (secondary N) is 1. The number of hydrogen-bond donors (Lipinski definition) is 1. The number of carbonyl (C=O) groups is 1. The topological polar surface area (TPSA) is 55.1 Å². The number of fused-ring (bicyclic) bond motifs is 1. The fourth-order valence-electron chi connectivity index (χ4n) is 2.81. The maximum Gasteiger partial charge on any atom is 0.234 e. The second kappa shape index (κ2) is 9.31. The van der Waals surface area contributed by atoms with Crippen molar-refractivity contribution in [2.24, 2.45) is 0 Å². The van der Waals surface area contributed by atoms with Crippen molar-refractivity contribution in [1.82, 2.24) is 4.98 Å². The van der Waals surface area contributed by atoms with Crippen molar-refractivity contribution in [2.75, 3.05) is 11.1 Å². The van der Waals surface area contributed by atoms with Gasteiger partial charge in [0, 0.05) is 22.0 Å². The maximum atomic E-state index is 12.2. The molecule has 152 valence electrons. The van der Waals surface area contributed by atoms with Gasteiger partial charge in [-0.25, -0.2) is 4.98 Å². The molecular weight excluding hydrogens is 463 g/mol. The molecule has 0 unspecified atom stereocenters. The molecule has 1 heterocycles. The van der Waals surface area contributed by atoms with Crippen LogP contribution in [0.15, 0.2) is 65.1 Å². The van der Waals surface area contributed by atoms with Gasteiger partial charge in [-0.1, -0.05) is 40.9 Å². The van der Waals surface area contributed by atoms with Gasteiger partial charge in [0.2, 0.25) is 11.8 Å². The Hall–Kier alpha value is -2.18. The summed E-state index contributed by atoms with van der Waals surface area (Å²) in [7, 11) is 0. The van der Waals surface area contributed by atoms with Gasteiger partial charge >= 0.3 is 0 Å². The highest BCUT2D eigenvalue weighted by atomic mass is 35.5. The minimum absolute atomic E-state index is 0.0793. The van der Waals surface area contributed by atoms with Crippen molar-refractivity contribution >= 4 is 69.3 Å². The fourth-order valence-corrected chi connectivity index (χ4v) is 4.07. The van der Waals surface area contributed by atoms with E-state index in [1.807, 2.05) is 36.4 Å². The lowest BCUT2D eigenvalue weighted by Gasteiger charge is -2.06. The second-order valence-electron chi connectivity index (χ2n) is 6.50. The Morgan fingerprint density at radius 1 is 0.967 bits per heavy atom. The minimum atomic E-state index is -0.0793. The third kappa shape index (κ3) is 5.10. The third-order valence-electron chi connectivity index (χ3n) is 4.25. The first-order valence-electron chi connectivity index (χ1n) is 8.96. The molecule has 0 fully saturated rings. The maximum absolute atomic E-state index is 12.2. The monoisotopic (exact) mass is 476 g/mol. The van der Waals surface area contributed by atoms with Crippen LogP contribution in [0.5, 0.6) is 0 Å². The van der Waals surface area contributed by atoms with Crippen LogP contribution in [0.4, 0.5) is 5.69 Å². The van der Waals surface area contributed by atoms with Crippen LogP contribution in [0.1, 0.15) is 5.56 Å². The molecule has 30 heavy (non-hydrogen) atoms. The summed E-state index contributed by atoms with van der Waals surface area (Å²) in [5.41, 5.74) is 3.91. The molecule has 0 aliphatic carbocycles. The molecule has 1 aromatic heterocycles. The molecule has 1 amide bonds. The molecule has 0 saturated heterocycles. The predicted molar refractivity (Wildman–Crippen MR) is 126 cm³/mol. The van der Waals surface area contributed by atoms with E-state index < -0.39 is 0 Å². The van der Waals surface area contributed by atoms with Crippen molar-refractivity contribution in [1.29, 1.82) is 0 Å². The summed E-state index contributed by atoms with van der Waals surface area (Å²) in [6.45, 7) is 0. The Morgan fingerprint density at radius 3 is 2.53 bits per heavy atom. The van der Waals surface area contributed by atoms with E-state index in [1.54, 1.807) is 24.3 Å². The number of thioether (sulfide) groups is 1. The molecule has 0 atom stereocenters. The molecule has 4 aromatic rings. The van der Waals surface area contributed by atoms with Crippen molar-refractivity contribution in [3.05, 3.63) is 81.3 Å². The van der Waals surface area contributed by atoms with E-state index in [2.05, 4.69) is 10.3 Å². The normalized spacial score (nSPS) is 11.0. The molecular formula is C22H15Cl3N2O2S. The van der Waals surface area contributed by atoms with Crippen molar-refractivity contribution in [3.8, 4) is 11.5 Å². The zero-order chi connectivity index (χ0) is 21.1. The Morgan fingerprint density at radius 2 is 1.77 bits per heavy atom. The number of anilines is 1. The lowest BCUT2D eigenvalue weighted by Crippen LogP contribution is -2.14. The molecule has 3 aromatic carbocycles. The largest absolute Gasteiger partial charge is 0.436 e. The standard InChI is InChI=1S/C22H15Cl3N2O2S/c23-15-4-8-20-19(10-15)27-22(29-20)14-2-5-16(6-3-14)26-21(28)12-30-11-13-1-7-17(24)18(25)9-13/h1-10H,11-12H2,(H,26,28). The Kier molecular flexibility index (Phi) is 6.54. The van der Waals surface area contributed by atoms with E-state index >= 15 is 0 Å². The van der Waals surface area contributed by atoms with Crippen LogP contribution < -0.4 is 5.32 Å². The first-order chi connectivity index (χ1) is 14.5. The van der Waals surface area contributed by atoms with Gasteiger partial charge in [-0.3, -0.25) is 4.79 Å². The number of rotatable bonds is 6. The molecule has 1 N–H and O–H groups in total. The van der Waals surface area contributed by atoms with Crippen LogP contribution in [0.25, 0.3) is 22.6 Å². The first kappa shape index (κ1) is 21.1. The van der Waals surface area contributed by atoms with Gasteiger partial charge in [-0.15, -0.1) is 11.8 Å². The smallest absolute Gasteiger partial charge is 0.234 e. The van der Waals surface area contributed by atoms with Crippen LogP contribution in [0.2, 0.25) is 15.1 Å². The number of amides is 1. The summed E-state index contributed by atoms with van der Waals surface area (Å²) in [5.74, 6) is 1.42. The van der Waals surface area contributed by atoms with Gasteiger partial charge in [0.05, 0.1) is 15.8 Å². The second-order valence-corrected chi connectivity index (χ2v) is 8.73. The average molecular weight is 478 g/mol. The van der Waals surface area contributed by atoms with E-state index in [-0.39, 0.29) is 5.91 Å². The number of nitrogens with zero attached hydrogens (tertiary/aromatic N) is 1. The van der Waals surface area contributed by atoms with E-state index in [0.717, 1.165) is 11.1 Å². The SMILES string of the molecule is O=C(CSCc1ccc(Cl)c(Cl)c1)Nc1ccc(-c2nc3cc(Cl)ccc3o2)cc1. The highest BCUT2D eigenvalue weighted by Crippen LogP contribution is 2.27. The summed E-state index contributed by atoms with van der Waals surface area (Å²) < 4.78 is 5.76. The lowest BCUT2D eigenvalue weighted by molar-refractivity contribution is -0.113. The minimum Gasteiger partial charge on any atom is -0.436 e. The van der Waals surface area contributed by atoms with E-state index in [1.165, 1.54) is 11.8 Å². The third-order valence-corrected chi connectivity index (χ3v) is 6.23. The van der Waals surface area contributed by atoms with Gasteiger partial charge in [0.15, 0.2) is 5.58 Å². The Labute approximate surface area is 192 Å². The van der Waals surface area contributed by atoms with Crippen LogP contribution >= 0.6 is 46.6 Å². The molecule has 8 heteroatoms. The number of halogens is 3. The summed E-state index contributed by atoms with van der Waals surface area (Å²) in [4.78, 5) is 16.7. The van der Waals surface area contributed by atoms with Crippen molar-refractivity contribution in [3.63, 3.8) is 0 Å². The average Bonchev–Trinajstić information content (AvgIpc) is 3.14. The van der Waals surface area contributed by atoms with E-state index in [9.17, 15) is 4.79 Å². The van der Waals surface area contributed by atoms with E-state index in [0.29, 0.717) is 49.3 Å². The van der Waals surface area contributed by atoms with Crippen LogP contribution in [0, 0.1) is 0 Å². The summed E-state index contributed by atoms with van der Waals surface area (Å²) in [5, 5.41) is 4.53. The molecule has 0 saturated carbocycles. The van der Waals surface area contributed by atoms with Crippen LogP contribution in [-0.4, -0.2) is 16.6 Å².